The van der Waals surface area contributed by atoms with E-state index in [4.69, 9.17) is 0 Å². The van der Waals surface area contributed by atoms with E-state index in [1.54, 1.807) is 11.3 Å². The summed E-state index contributed by atoms with van der Waals surface area (Å²) in [6.45, 7) is 7.00. The highest BCUT2D eigenvalue weighted by atomic mass is 32.1. The molecule has 2 heterocycles. The predicted octanol–water partition coefficient (Wildman–Crippen LogP) is 2.32. The largest absolute Gasteiger partial charge is 0.344 e. The van der Waals surface area contributed by atoms with Crippen molar-refractivity contribution in [3.63, 3.8) is 0 Å². The van der Waals surface area contributed by atoms with Crippen LogP contribution >= 0.6 is 11.3 Å². The molecule has 0 spiro atoms. The number of aryl methyl sites for hydroxylation is 2. The molecular formula is C14H23N5S. The minimum Gasteiger partial charge on any atom is -0.344 e. The van der Waals surface area contributed by atoms with Gasteiger partial charge in [-0.2, -0.15) is 0 Å². The minimum atomic E-state index is 0.776. The maximum atomic E-state index is 4.67. The second-order valence-electron chi connectivity index (χ2n) is 4.99. The molecule has 0 bridgehead atoms. The summed E-state index contributed by atoms with van der Waals surface area (Å²) < 4.78 is 2.04. The Hall–Kier alpha value is -1.40. The van der Waals surface area contributed by atoms with Gasteiger partial charge in [-0.25, -0.2) is 9.97 Å². The molecule has 1 N–H and O–H groups in total. The van der Waals surface area contributed by atoms with E-state index in [0.29, 0.717) is 0 Å². The molecule has 0 fully saturated rings. The van der Waals surface area contributed by atoms with Gasteiger partial charge in [0.25, 0.3) is 0 Å². The van der Waals surface area contributed by atoms with Gasteiger partial charge in [-0.15, -0.1) is 11.3 Å². The monoisotopic (exact) mass is 293 g/mol. The van der Waals surface area contributed by atoms with Crippen LogP contribution in [-0.2, 0) is 20.1 Å². The highest BCUT2D eigenvalue weighted by Gasteiger charge is 2.12. The van der Waals surface area contributed by atoms with E-state index in [2.05, 4.69) is 41.1 Å². The third kappa shape index (κ3) is 3.58. The van der Waals surface area contributed by atoms with Crippen LogP contribution in [0.1, 0.15) is 29.7 Å². The van der Waals surface area contributed by atoms with Gasteiger partial charge in [0.05, 0.1) is 12.2 Å². The number of rotatable bonds is 7. The number of nitrogens with one attached hydrogen (secondary N) is 1. The number of thiazole rings is 1. The molecule has 110 valence electrons. The molecule has 0 atom stereocenters. The van der Waals surface area contributed by atoms with Gasteiger partial charge in [0.1, 0.15) is 5.82 Å². The number of aromatic nitrogens is 3. The van der Waals surface area contributed by atoms with Crippen LogP contribution in [0.4, 0.5) is 5.13 Å². The Morgan fingerprint density at radius 1 is 1.45 bits per heavy atom. The molecule has 6 heteroatoms. The second-order valence-corrected chi connectivity index (χ2v) is 6.05. The molecule has 0 saturated carbocycles. The Morgan fingerprint density at radius 3 is 2.90 bits per heavy atom. The molecule has 0 aliphatic carbocycles. The first-order chi connectivity index (χ1) is 9.61. The van der Waals surface area contributed by atoms with Crippen LogP contribution in [0.2, 0.25) is 0 Å². The molecule has 2 aromatic rings. The fraction of sp³-hybridized carbons (Fsp3) is 0.571. The first-order valence-electron chi connectivity index (χ1n) is 6.96. The van der Waals surface area contributed by atoms with Crippen molar-refractivity contribution in [2.45, 2.75) is 33.4 Å². The number of nitrogens with zero attached hydrogens (tertiary/aromatic N) is 4. The average molecular weight is 293 g/mol. The zero-order valence-corrected chi connectivity index (χ0v) is 13.5. The van der Waals surface area contributed by atoms with E-state index < -0.39 is 0 Å². The van der Waals surface area contributed by atoms with Crippen LogP contribution in [-0.4, -0.2) is 28.1 Å². The number of imidazole rings is 1. The number of hydrogen-bond donors (Lipinski definition) is 1. The van der Waals surface area contributed by atoms with Crippen molar-refractivity contribution in [2.75, 3.05) is 18.5 Å². The Kier molecular flexibility index (Phi) is 5.14. The first kappa shape index (κ1) is 15.0. The Balaban J connectivity index is 2.01. The molecule has 0 saturated heterocycles. The molecule has 2 rings (SSSR count). The molecule has 5 nitrogen and oxygen atoms in total. The van der Waals surface area contributed by atoms with Gasteiger partial charge in [0, 0.05) is 37.9 Å². The smallest absolute Gasteiger partial charge is 0.185 e. The van der Waals surface area contributed by atoms with Crippen LogP contribution in [0.3, 0.4) is 0 Å². The fourth-order valence-corrected chi connectivity index (χ4v) is 2.94. The van der Waals surface area contributed by atoms with Crippen molar-refractivity contribution in [1.29, 1.82) is 0 Å². The number of anilines is 1. The standard InChI is InChI=1S/C14H23N5S/c1-5-6-15-9-12-11(2)17-14(20-12)19(4)10-13-16-7-8-18(13)3/h7-8,15H,5-6,9-10H2,1-4H3. The zero-order chi connectivity index (χ0) is 14.5. The van der Waals surface area contributed by atoms with Crippen LogP contribution < -0.4 is 10.2 Å². The van der Waals surface area contributed by atoms with E-state index in [9.17, 15) is 0 Å². The lowest BCUT2D eigenvalue weighted by molar-refractivity contribution is 0.678. The molecule has 2 aromatic heterocycles. The summed E-state index contributed by atoms with van der Waals surface area (Å²) in [6, 6.07) is 0. The lowest BCUT2D eigenvalue weighted by Gasteiger charge is -2.15. The zero-order valence-electron chi connectivity index (χ0n) is 12.7. The summed E-state index contributed by atoms with van der Waals surface area (Å²) in [5.41, 5.74) is 1.13. The molecule has 0 aliphatic rings. The SMILES string of the molecule is CCCNCc1sc(N(C)Cc2nccn2C)nc1C. The average Bonchev–Trinajstić information content (AvgIpc) is 2.98. The summed E-state index contributed by atoms with van der Waals surface area (Å²) in [7, 11) is 4.08. The summed E-state index contributed by atoms with van der Waals surface area (Å²) in [5.74, 6) is 1.05. The van der Waals surface area contributed by atoms with E-state index in [1.165, 1.54) is 4.88 Å². The van der Waals surface area contributed by atoms with Crippen molar-refractivity contribution >= 4 is 16.5 Å². The van der Waals surface area contributed by atoms with Crippen molar-refractivity contribution in [1.82, 2.24) is 19.9 Å². The predicted molar refractivity (Wildman–Crippen MR) is 84.2 cm³/mol. The summed E-state index contributed by atoms with van der Waals surface area (Å²) in [5, 5.41) is 4.49. The van der Waals surface area contributed by atoms with Gasteiger partial charge >= 0.3 is 0 Å². The Morgan fingerprint density at radius 2 is 2.25 bits per heavy atom. The van der Waals surface area contributed by atoms with Gasteiger partial charge in [-0.3, -0.25) is 0 Å². The second kappa shape index (κ2) is 6.85. The summed E-state index contributed by atoms with van der Waals surface area (Å²) >= 11 is 1.76. The van der Waals surface area contributed by atoms with Crippen LogP contribution in [0.25, 0.3) is 0 Å². The fourth-order valence-electron chi connectivity index (χ4n) is 1.95. The lowest BCUT2D eigenvalue weighted by Crippen LogP contribution is -2.18. The van der Waals surface area contributed by atoms with Gasteiger partial charge < -0.3 is 14.8 Å². The van der Waals surface area contributed by atoms with E-state index in [1.807, 2.05) is 24.0 Å². The Labute approximate surface area is 124 Å². The van der Waals surface area contributed by atoms with E-state index >= 15 is 0 Å². The summed E-state index contributed by atoms with van der Waals surface area (Å²) in [4.78, 5) is 12.5. The molecule has 20 heavy (non-hydrogen) atoms. The topological polar surface area (TPSA) is 46.0 Å². The lowest BCUT2D eigenvalue weighted by atomic mass is 10.4. The molecule has 0 unspecified atom stereocenters. The maximum absolute atomic E-state index is 4.67. The molecular weight excluding hydrogens is 270 g/mol. The minimum absolute atomic E-state index is 0.776. The maximum Gasteiger partial charge on any atom is 0.185 e. The van der Waals surface area contributed by atoms with Crippen molar-refractivity contribution in [3.8, 4) is 0 Å². The van der Waals surface area contributed by atoms with Crippen LogP contribution in [0.15, 0.2) is 12.4 Å². The van der Waals surface area contributed by atoms with Gasteiger partial charge in [0.2, 0.25) is 0 Å². The first-order valence-corrected chi connectivity index (χ1v) is 7.77. The molecule has 0 amide bonds. The van der Waals surface area contributed by atoms with Crippen LogP contribution in [0.5, 0.6) is 0 Å². The normalized spacial score (nSPS) is 11.0. The van der Waals surface area contributed by atoms with Crippen LogP contribution in [0, 0.1) is 6.92 Å². The Bertz CT molecular complexity index is 546. The van der Waals surface area contributed by atoms with E-state index in [0.717, 1.165) is 42.7 Å². The molecule has 0 aliphatic heterocycles. The van der Waals surface area contributed by atoms with Gasteiger partial charge in [0.15, 0.2) is 5.13 Å². The summed E-state index contributed by atoms with van der Waals surface area (Å²) in [6.07, 6.45) is 4.95. The highest BCUT2D eigenvalue weighted by Crippen LogP contribution is 2.26. The van der Waals surface area contributed by atoms with Crippen molar-refractivity contribution < 1.29 is 0 Å². The molecule has 0 aromatic carbocycles. The van der Waals surface area contributed by atoms with E-state index in [-0.39, 0.29) is 0 Å². The van der Waals surface area contributed by atoms with Crippen molar-refractivity contribution in [2.24, 2.45) is 7.05 Å². The van der Waals surface area contributed by atoms with Gasteiger partial charge in [-0.05, 0) is 19.9 Å². The van der Waals surface area contributed by atoms with Crippen molar-refractivity contribution in [3.05, 3.63) is 28.8 Å². The highest BCUT2D eigenvalue weighted by molar-refractivity contribution is 7.15. The number of hydrogen-bond acceptors (Lipinski definition) is 5. The molecule has 0 radical (unpaired) electrons. The quantitative estimate of drug-likeness (QED) is 0.796. The third-order valence-electron chi connectivity index (χ3n) is 3.22. The van der Waals surface area contributed by atoms with Gasteiger partial charge in [-0.1, -0.05) is 6.92 Å². The third-order valence-corrected chi connectivity index (χ3v) is 4.49.